The lowest BCUT2D eigenvalue weighted by Gasteiger charge is -2.32. The molecule has 3 nitrogen and oxygen atoms in total. The first-order chi connectivity index (χ1) is 9.43. The topological polar surface area (TPSA) is 32.3 Å². The molecule has 1 amide bonds. The van der Waals surface area contributed by atoms with Gasteiger partial charge in [-0.25, -0.2) is 0 Å². The second kappa shape index (κ2) is 8.02. The van der Waals surface area contributed by atoms with Crippen molar-refractivity contribution in [1.82, 2.24) is 10.2 Å². The Morgan fingerprint density at radius 1 is 1.15 bits per heavy atom. The molecule has 0 aliphatic carbocycles. The highest BCUT2D eigenvalue weighted by atomic mass is 16.2. The van der Waals surface area contributed by atoms with Gasteiger partial charge in [-0.15, -0.1) is 0 Å². The number of rotatable bonds is 8. The average molecular weight is 282 g/mol. The molecular formula is C17H34N2O. The summed E-state index contributed by atoms with van der Waals surface area (Å²) in [5.74, 6) is 1.19. The van der Waals surface area contributed by atoms with Crippen LogP contribution in [0.15, 0.2) is 0 Å². The molecule has 0 aromatic rings. The maximum Gasteiger partial charge on any atom is 0.241 e. The number of nitrogens with one attached hydrogen (secondary N) is 1. The lowest BCUT2D eigenvalue weighted by atomic mass is 9.99. The van der Waals surface area contributed by atoms with Gasteiger partial charge in [-0.1, -0.05) is 60.3 Å². The molecule has 20 heavy (non-hydrogen) atoms. The highest BCUT2D eigenvalue weighted by Gasteiger charge is 2.43. The van der Waals surface area contributed by atoms with Crippen molar-refractivity contribution in [2.24, 2.45) is 11.8 Å². The van der Waals surface area contributed by atoms with E-state index in [2.05, 4.69) is 51.8 Å². The number of hydrogen-bond acceptors (Lipinski definition) is 2. The Hall–Kier alpha value is -0.570. The lowest BCUT2D eigenvalue weighted by Crippen LogP contribution is -2.46. The zero-order chi connectivity index (χ0) is 15.3. The average Bonchev–Trinajstić information content (AvgIpc) is 2.76. The molecule has 118 valence electrons. The van der Waals surface area contributed by atoms with Gasteiger partial charge in [0.05, 0.1) is 12.2 Å². The molecule has 0 saturated carbocycles. The summed E-state index contributed by atoms with van der Waals surface area (Å²) in [5, 5.41) is 3.59. The van der Waals surface area contributed by atoms with Crippen LogP contribution >= 0.6 is 0 Å². The van der Waals surface area contributed by atoms with Crippen LogP contribution in [0.1, 0.15) is 73.6 Å². The molecular weight excluding hydrogens is 248 g/mol. The van der Waals surface area contributed by atoms with Gasteiger partial charge in [-0.05, 0) is 25.2 Å². The van der Waals surface area contributed by atoms with Gasteiger partial charge < -0.3 is 4.90 Å². The van der Waals surface area contributed by atoms with Gasteiger partial charge in [0.2, 0.25) is 5.91 Å². The molecule has 0 radical (unpaired) electrons. The number of amides is 1. The molecule has 3 heteroatoms. The zero-order valence-electron chi connectivity index (χ0n) is 14.3. The third-order valence-electron chi connectivity index (χ3n) is 4.72. The Labute approximate surface area is 125 Å². The van der Waals surface area contributed by atoms with Gasteiger partial charge in [0.25, 0.3) is 0 Å². The van der Waals surface area contributed by atoms with Gasteiger partial charge in [0.15, 0.2) is 0 Å². The van der Waals surface area contributed by atoms with Crippen molar-refractivity contribution in [2.75, 3.05) is 0 Å². The Balaban J connectivity index is 2.76. The molecule has 0 aromatic heterocycles. The summed E-state index contributed by atoms with van der Waals surface area (Å²) >= 11 is 0. The van der Waals surface area contributed by atoms with E-state index in [0.29, 0.717) is 23.8 Å². The second-order valence-electron chi connectivity index (χ2n) is 6.81. The van der Waals surface area contributed by atoms with E-state index in [1.165, 1.54) is 19.3 Å². The van der Waals surface area contributed by atoms with Crippen LogP contribution in [0, 0.1) is 11.8 Å². The minimum absolute atomic E-state index is 0.0148. The lowest BCUT2D eigenvalue weighted by molar-refractivity contribution is -0.133. The van der Waals surface area contributed by atoms with Crippen molar-refractivity contribution >= 4 is 5.91 Å². The van der Waals surface area contributed by atoms with Gasteiger partial charge in [0, 0.05) is 6.04 Å². The van der Waals surface area contributed by atoms with Crippen LogP contribution in [-0.4, -0.2) is 29.1 Å². The first-order valence-corrected chi connectivity index (χ1v) is 8.52. The smallest absolute Gasteiger partial charge is 0.241 e. The highest BCUT2D eigenvalue weighted by Crippen LogP contribution is 2.26. The molecule has 1 aliphatic rings. The van der Waals surface area contributed by atoms with Crippen LogP contribution < -0.4 is 5.32 Å². The van der Waals surface area contributed by atoms with Crippen LogP contribution in [0.2, 0.25) is 0 Å². The summed E-state index contributed by atoms with van der Waals surface area (Å²) in [5.41, 5.74) is 0. The minimum Gasteiger partial charge on any atom is -0.323 e. The predicted octanol–water partition coefficient (Wildman–Crippen LogP) is 3.78. The fourth-order valence-corrected chi connectivity index (χ4v) is 3.11. The van der Waals surface area contributed by atoms with Crippen LogP contribution in [0.25, 0.3) is 0 Å². The summed E-state index contributed by atoms with van der Waals surface area (Å²) in [6.07, 6.45) is 6.10. The van der Waals surface area contributed by atoms with E-state index in [1.54, 1.807) is 0 Å². The van der Waals surface area contributed by atoms with Crippen molar-refractivity contribution in [1.29, 1.82) is 0 Å². The normalized spacial score (nSPS) is 26.4. The minimum atomic E-state index is 0.0148. The predicted molar refractivity (Wildman–Crippen MR) is 85.5 cm³/mol. The summed E-state index contributed by atoms with van der Waals surface area (Å²) < 4.78 is 0. The van der Waals surface area contributed by atoms with Gasteiger partial charge in [0.1, 0.15) is 0 Å². The van der Waals surface area contributed by atoms with Crippen molar-refractivity contribution in [2.45, 2.75) is 91.9 Å². The van der Waals surface area contributed by atoms with Crippen LogP contribution in [-0.2, 0) is 4.79 Å². The molecule has 0 bridgehead atoms. The maximum atomic E-state index is 12.8. The largest absolute Gasteiger partial charge is 0.323 e. The van der Waals surface area contributed by atoms with Crippen molar-refractivity contribution in [3.63, 3.8) is 0 Å². The van der Waals surface area contributed by atoms with E-state index in [-0.39, 0.29) is 12.2 Å². The number of carbonyl (C=O) groups is 1. The van der Waals surface area contributed by atoms with Gasteiger partial charge >= 0.3 is 0 Å². The quantitative estimate of drug-likeness (QED) is 0.687. The first-order valence-electron chi connectivity index (χ1n) is 8.52. The molecule has 1 N–H and O–H groups in total. The zero-order valence-corrected chi connectivity index (χ0v) is 14.3. The Morgan fingerprint density at radius 2 is 1.80 bits per heavy atom. The van der Waals surface area contributed by atoms with E-state index in [0.717, 1.165) is 12.8 Å². The molecule has 4 unspecified atom stereocenters. The fourth-order valence-electron chi connectivity index (χ4n) is 3.11. The Bertz CT molecular complexity index is 303. The monoisotopic (exact) mass is 282 g/mol. The number of unbranched alkanes of at least 4 members (excludes halogenated alkanes) is 2. The standard InChI is InChI=1S/C17H34N2O/c1-7-9-10-11-14(6)19-16(12(3)4)18-15(17(19)20)13(5)8-2/h12-16,18H,7-11H2,1-6H3. The Morgan fingerprint density at radius 3 is 2.30 bits per heavy atom. The van der Waals surface area contributed by atoms with Crippen LogP contribution in [0.4, 0.5) is 0 Å². The molecule has 1 saturated heterocycles. The van der Waals surface area contributed by atoms with Crippen LogP contribution in [0.5, 0.6) is 0 Å². The summed E-state index contributed by atoms with van der Waals surface area (Å²) in [4.78, 5) is 14.9. The summed E-state index contributed by atoms with van der Waals surface area (Å²) in [6.45, 7) is 13.2. The van der Waals surface area contributed by atoms with Gasteiger partial charge in [-0.2, -0.15) is 0 Å². The molecule has 1 heterocycles. The SMILES string of the molecule is CCCCCC(C)N1C(=O)C(C(C)CC)NC1C(C)C. The number of carbonyl (C=O) groups excluding carboxylic acids is 1. The Kier molecular flexibility index (Phi) is 7.01. The second-order valence-corrected chi connectivity index (χ2v) is 6.81. The fraction of sp³-hybridized carbons (Fsp3) is 0.941. The van der Waals surface area contributed by atoms with E-state index in [9.17, 15) is 4.79 Å². The van der Waals surface area contributed by atoms with Gasteiger partial charge in [-0.3, -0.25) is 10.1 Å². The maximum absolute atomic E-state index is 12.8. The van der Waals surface area contributed by atoms with Crippen LogP contribution in [0.3, 0.4) is 0 Å². The number of hydrogen-bond donors (Lipinski definition) is 1. The number of nitrogens with zero attached hydrogens (tertiary/aromatic N) is 1. The molecule has 1 fully saturated rings. The third-order valence-corrected chi connectivity index (χ3v) is 4.72. The third kappa shape index (κ3) is 3.97. The van der Waals surface area contributed by atoms with Crippen molar-refractivity contribution < 1.29 is 4.79 Å². The molecule has 1 aliphatic heterocycles. The molecule has 4 atom stereocenters. The van der Waals surface area contributed by atoms with Crippen molar-refractivity contribution in [3.8, 4) is 0 Å². The van der Waals surface area contributed by atoms with E-state index in [4.69, 9.17) is 0 Å². The first kappa shape index (κ1) is 17.5. The highest BCUT2D eigenvalue weighted by molar-refractivity contribution is 5.85. The molecule has 0 aromatic carbocycles. The molecule has 1 rings (SSSR count). The summed E-state index contributed by atoms with van der Waals surface area (Å²) in [7, 11) is 0. The van der Waals surface area contributed by atoms with E-state index in [1.807, 2.05) is 0 Å². The molecule has 0 spiro atoms. The van der Waals surface area contributed by atoms with E-state index >= 15 is 0 Å². The summed E-state index contributed by atoms with van der Waals surface area (Å²) in [6, 6.07) is 0.365. The van der Waals surface area contributed by atoms with E-state index < -0.39 is 0 Å². The van der Waals surface area contributed by atoms with Crippen molar-refractivity contribution in [3.05, 3.63) is 0 Å².